The highest BCUT2D eigenvalue weighted by Gasteiger charge is 2.13. The van der Waals surface area contributed by atoms with E-state index in [4.69, 9.17) is 4.74 Å². The first-order valence-electron chi connectivity index (χ1n) is 9.75. The van der Waals surface area contributed by atoms with Gasteiger partial charge in [0.1, 0.15) is 0 Å². The van der Waals surface area contributed by atoms with Crippen LogP contribution in [0, 0.1) is 0 Å². The summed E-state index contributed by atoms with van der Waals surface area (Å²) >= 11 is 1.25. The van der Waals surface area contributed by atoms with Crippen LogP contribution in [0.1, 0.15) is 11.4 Å². The molecule has 0 aliphatic heterocycles. The zero-order valence-corrected chi connectivity index (χ0v) is 18.4. The molecule has 10 heteroatoms. The first-order valence-corrected chi connectivity index (χ1v) is 10.7. The summed E-state index contributed by atoms with van der Waals surface area (Å²) in [5.74, 6) is 0.809. The number of carbonyl (C=O) groups excluding carboxylic acids is 1. The summed E-state index contributed by atoms with van der Waals surface area (Å²) in [5.41, 5.74) is 3.85. The zero-order valence-electron chi connectivity index (χ0n) is 17.6. The predicted octanol–water partition coefficient (Wildman–Crippen LogP) is 3.03. The number of aromatic nitrogens is 3. The number of para-hydroxylation sites is 2. The fourth-order valence-corrected chi connectivity index (χ4v) is 3.51. The Labute approximate surface area is 190 Å². The van der Waals surface area contributed by atoms with Crippen molar-refractivity contribution in [2.24, 2.45) is 5.10 Å². The molecule has 0 saturated carbocycles. The van der Waals surface area contributed by atoms with Crippen molar-refractivity contribution in [3.63, 3.8) is 0 Å². The summed E-state index contributed by atoms with van der Waals surface area (Å²) in [7, 11) is 1.46. The number of amides is 1. The summed E-state index contributed by atoms with van der Waals surface area (Å²) in [5, 5.41) is 26.3. The number of allylic oxidation sites excluding steroid dienone is 1. The topological polar surface area (TPSA) is 114 Å². The number of hydrogen-bond donors (Lipinski definition) is 3. The van der Waals surface area contributed by atoms with Crippen LogP contribution in [0.5, 0.6) is 11.5 Å². The number of nitrogens with one attached hydrogen (secondary N) is 2. The molecular formula is C22H24N6O3S. The normalized spacial score (nSPS) is 10.8. The maximum atomic E-state index is 12.2. The molecule has 0 aliphatic rings. The fraction of sp³-hybridized carbons (Fsp3) is 0.182. The zero-order chi connectivity index (χ0) is 22.8. The largest absolute Gasteiger partial charge is 0.504 e. The molecular weight excluding hydrogens is 428 g/mol. The Hall–Kier alpha value is -3.79. The van der Waals surface area contributed by atoms with Crippen LogP contribution in [0.4, 0.5) is 5.69 Å². The number of benzene rings is 2. The number of nitrogens with zero attached hydrogens (tertiary/aromatic N) is 4. The SMILES string of the molecule is C=CCn1c(CNc2ccccc2)nnc1SCC(=O)NN=Cc1cccc(OC)c1O. The van der Waals surface area contributed by atoms with Gasteiger partial charge in [0, 0.05) is 17.8 Å². The Kier molecular flexibility index (Phi) is 8.27. The van der Waals surface area contributed by atoms with E-state index in [1.54, 1.807) is 24.3 Å². The van der Waals surface area contributed by atoms with Crippen LogP contribution in [-0.2, 0) is 17.9 Å². The minimum absolute atomic E-state index is 0.0449. The number of carbonyl (C=O) groups is 1. The van der Waals surface area contributed by atoms with Crippen molar-refractivity contribution in [2.75, 3.05) is 18.2 Å². The van der Waals surface area contributed by atoms with Crippen molar-refractivity contribution in [2.45, 2.75) is 18.2 Å². The number of rotatable bonds is 11. The highest BCUT2D eigenvalue weighted by molar-refractivity contribution is 7.99. The molecule has 0 radical (unpaired) electrons. The van der Waals surface area contributed by atoms with Gasteiger partial charge in [-0.25, -0.2) is 5.43 Å². The quantitative estimate of drug-likeness (QED) is 0.177. The number of hydrazone groups is 1. The molecule has 0 atom stereocenters. The van der Waals surface area contributed by atoms with Gasteiger partial charge in [-0.1, -0.05) is 42.1 Å². The van der Waals surface area contributed by atoms with E-state index >= 15 is 0 Å². The van der Waals surface area contributed by atoms with E-state index in [-0.39, 0.29) is 17.4 Å². The van der Waals surface area contributed by atoms with Gasteiger partial charge in [-0.2, -0.15) is 5.10 Å². The van der Waals surface area contributed by atoms with Crippen molar-refractivity contribution >= 4 is 29.6 Å². The Morgan fingerprint density at radius 1 is 1.25 bits per heavy atom. The van der Waals surface area contributed by atoms with E-state index in [0.29, 0.717) is 29.6 Å². The van der Waals surface area contributed by atoms with Crippen LogP contribution in [0.15, 0.2) is 71.4 Å². The van der Waals surface area contributed by atoms with Gasteiger partial charge in [0.2, 0.25) is 0 Å². The molecule has 9 nitrogen and oxygen atoms in total. The maximum Gasteiger partial charge on any atom is 0.250 e. The molecule has 0 aliphatic carbocycles. The summed E-state index contributed by atoms with van der Waals surface area (Å²) in [6.07, 6.45) is 3.11. The third kappa shape index (κ3) is 6.11. The molecule has 1 aromatic heterocycles. The molecule has 0 spiro atoms. The summed E-state index contributed by atoms with van der Waals surface area (Å²) in [4.78, 5) is 12.2. The lowest BCUT2D eigenvalue weighted by Gasteiger charge is -2.09. The highest BCUT2D eigenvalue weighted by Crippen LogP contribution is 2.27. The van der Waals surface area contributed by atoms with Gasteiger partial charge in [0.25, 0.3) is 5.91 Å². The Bertz CT molecular complexity index is 1080. The van der Waals surface area contributed by atoms with E-state index < -0.39 is 0 Å². The molecule has 3 rings (SSSR count). The molecule has 3 aromatic rings. The van der Waals surface area contributed by atoms with E-state index in [2.05, 4.69) is 32.6 Å². The minimum atomic E-state index is -0.314. The number of thioether (sulfide) groups is 1. The lowest BCUT2D eigenvalue weighted by molar-refractivity contribution is -0.118. The predicted molar refractivity (Wildman–Crippen MR) is 125 cm³/mol. The van der Waals surface area contributed by atoms with Gasteiger partial charge in [0.15, 0.2) is 22.5 Å². The highest BCUT2D eigenvalue weighted by atomic mass is 32.2. The van der Waals surface area contributed by atoms with Gasteiger partial charge in [-0.3, -0.25) is 4.79 Å². The number of phenolic OH excluding ortho intramolecular Hbond substituents is 1. The van der Waals surface area contributed by atoms with E-state index in [0.717, 1.165) is 11.5 Å². The lowest BCUT2D eigenvalue weighted by Crippen LogP contribution is -2.20. The third-order valence-corrected chi connectivity index (χ3v) is 5.27. The van der Waals surface area contributed by atoms with E-state index in [1.807, 2.05) is 34.9 Å². The van der Waals surface area contributed by atoms with Gasteiger partial charge in [-0.15, -0.1) is 16.8 Å². The Balaban J connectivity index is 1.56. The van der Waals surface area contributed by atoms with Crippen molar-refractivity contribution in [3.8, 4) is 11.5 Å². The molecule has 0 bridgehead atoms. The number of phenols is 1. The van der Waals surface area contributed by atoms with Crippen LogP contribution in [0.3, 0.4) is 0 Å². The van der Waals surface area contributed by atoms with Crippen molar-refractivity contribution in [1.82, 2.24) is 20.2 Å². The van der Waals surface area contributed by atoms with Crippen LogP contribution in [-0.4, -0.2) is 44.9 Å². The van der Waals surface area contributed by atoms with Gasteiger partial charge >= 0.3 is 0 Å². The van der Waals surface area contributed by atoms with Crippen LogP contribution >= 0.6 is 11.8 Å². The molecule has 2 aromatic carbocycles. The van der Waals surface area contributed by atoms with Gasteiger partial charge in [-0.05, 0) is 24.3 Å². The van der Waals surface area contributed by atoms with Crippen LogP contribution < -0.4 is 15.5 Å². The average Bonchev–Trinajstić information content (AvgIpc) is 3.20. The summed E-state index contributed by atoms with van der Waals surface area (Å²) < 4.78 is 6.95. The molecule has 1 heterocycles. The standard InChI is InChI=1S/C22H24N6O3S/c1-3-12-28-19(14-23-17-9-5-4-6-10-17)25-27-22(28)32-15-20(29)26-24-13-16-8-7-11-18(31-2)21(16)30/h3-11,13,23,30H,1,12,14-15H2,2H3,(H,26,29). The number of hydrogen-bond acceptors (Lipinski definition) is 8. The van der Waals surface area contributed by atoms with Crippen molar-refractivity contribution in [1.29, 1.82) is 0 Å². The van der Waals surface area contributed by atoms with E-state index in [1.165, 1.54) is 25.1 Å². The minimum Gasteiger partial charge on any atom is -0.504 e. The second-order valence-electron chi connectivity index (χ2n) is 6.50. The number of methoxy groups -OCH3 is 1. The average molecular weight is 453 g/mol. The number of ether oxygens (including phenoxy) is 1. The van der Waals surface area contributed by atoms with Gasteiger partial charge in [0.05, 0.1) is 25.6 Å². The smallest absolute Gasteiger partial charge is 0.250 e. The van der Waals surface area contributed by atoms with E-state index in [9.17, 15) is 9.90 Å². The molecule has 32 heavy (non-hydrogen) atoms. The molecule has 166 valence electrons. The Morgan fingerprint density at radius 3 is 2.81 bits per heavy atom. The van der Waals surface area contributed by atoms with Crippen LogP contribution in [0.25, 0.3) is 0 Å². The number of anilines is 1. The van der Waals surface area contributed by atoms with Crippen molar-refractivity contribution < 1.29 is 14.6 Å². The first kappa shape index (κ1) is 22.9. The lowest BCUT2D eigenvalue weighted by atomic mass is 10.2. The summed E-state index contributed by atoms with van der Waals surface area (Å²) in [6, 6.07) is 14.8. The molecule has 1 amide bonds. The van der Waals surface area contributed by atoms with Crippen LogP contribution in [0.2, 0.25) is 0 Å². The van der Waals surface area contributed by atoms with Crippen molar-refractivity contribution in [3.05, 3.63) is 72.6 Å². The molecule has 0 saturated heterocycles. The second kappa shape index (κ2) is 11.6. The number of aromatic hydroxyl groups is 1. The molecule has 0 unspecified atom stereocenters. The third-order valence-electron chi connectivity index (χ3n) is 4.30. The second-order valence-corrected chi connectivity index (χ2v) is 7.44. The molecule has 3 N–H and O–H groups in total. The monoisotopic (exact) mass is 452 g/mol. The Morgan fingerprint density at radius 2 is 2.06 bits per heavy atom. The first-order chi connectivity index (χ1) is 15.6. The fourth-order valence-electron chi connectivity index (χ4n) is 2.75. The molecule has 0 fully saturated rings. The van der Waals surface area contributed by atoms with Gasteiger partial charge < -0.3 is 19.7 Å². The maximum absolute atomic E-state index is 12.2. The summed E-state index contributed by atoms with van der Waals surface area (Å²) in [6.45, 7) is 4.80.